The van der Waals surface area contributed by atoms with Gasteiger partial charge in [-0.05, 0) is 6.42 Å². The van der Waals surface area contributed by atoms with Crippen LogP contribution in [0.3, 0.4) is 0 Å². The Labute approximate surface area is 157 Å². The first-order chi connectivity index (χ1) is 10.0. The van der Waals surface area contributed by atoms with E-state index >= 15 is 0 Å². The van der Waals surface area contributed by atoms with Crippen LogP contribution in [0, 0.1) is 11.8 Å². The zero-order valence-corrected chi connectivity index (χ0v) is 16.6. The molecule has 0 heterocycles. The number of carboxylic acids is 2. The van der Waals surface area contributed by atoms with Gasteiger partial charge in [-0.15, -0.1) is 0 Å². The molecule has 0 radical (unpaired) electrons. The molecule has 0 aromatic heterocycles. The summed E-state index contributed by atoms with van der Waals surface area (Å²) in [6.45, 7) is 3.66. The second-order valence-electron chi connectivity index (χ2n) is 6.02. The van der Waals surface area contributed by atoms with E-state index in [-0.39, 0.29) is 29.6 Å². The summed E-state index contributed by atoms with van der Waals surface area (Å²) in [6, 6.07) is 0. The van der Waals surface area contributed by atoms with Crippen LogP contribution in [0.1, 0.15) is 84.5 Å². The second kappa shape index (κ2) is 15.8. The summed E-state index contributed by atoms with van der Waals surface area (Å²) < 4.78 is 0. The molecule has 0 rings (SSSR count). The van der Waals surface area contributed by atoms with E-state index in [1.807, 2.05) is 0 Å². The molecule has 2 atom stereocenters. The maximum atomic E-state index is 11.0. The predicted octanol–water partition coefficient (Wildman–Crippen LogP) is 0.388. The van der Waals surface area contributed by atoms with E-state index in [1.54, 1.807) is 0 Å². The first-order valence-electron chi connectivity index (χ1n) is 8.44. The fraction of sp³-hybridized carbons (Fsp3) is 0.882. The van der Waals surface area contributed by atoms with Crippen molar-refractivity contribution in [1.82, 2.24) is 0 Å². The van der Waals surface area contributed by atoms with Crippen LogP contribution in [0.2, 0.25) is 0 Å². The van der Waals surface area contributed by atoms with E-state index < -0.39 is 23.8 Å². The monoisotopic (exact) mass is 322 g/mol. The molecule has 0 aromatic rings. The van der Waals surface area contributed by atoms with Gasteiger partial charge in [-0.25, -0.2) is 0 Å². The van der Waals surface area contributed by atoms with Gasteiger partial charge in [0.25, 0.3) is 0 Å². The van der Waals surface area contributed by atoms with Crippen molar-refractivity contribution in [2.75, 3.05) is 0 Å². The predicted molar refractivity (Wildman–Crippen MR) is 81.8 cm³/mol. The smallest absolute Gasteiger partial charge is 0.550 e. The number of carbonyl (C=O) groups is 2. The number of aliphatic carboxylic acids is 2. The van der Waals surface area contributed by atoms with Gasteiger partial charge < -0.3 is 15.0 Å². The topological polar surface area (TPSA) is 77.4 Å². The normalized spacial score (nSPS) is 13.2. The quantitative estimate of drug-likeness (QED) is 0.371. The van der Waals surface area contributed by atoms with Gasteiger partial charge in [0, 0.05) is 11.9 Å². The fourth-order valence-electron chi connectivity index (χ4n) is 2.60. The zero-order chi connectivity index (χ0) is 16.1. The average Bonchev–Trinajstić information content (AvgIpc) is 2.43. The summed E-state index contributed by atoms with van der Waals surface area (Å²) in [4.78, 5) is 21.8. The minimum atomic E-state index is -1.24. The number of hydrogen-bond acceptors (Lipinski definition) is 3. The Balaban J connectivity index is 0. The van der Waals surface area contributed by atoms with Crippen LogP contribution < -0.4 is 34.7 Å². The van der Waals surface area contributed by atoms with Gasteiger partial charge in [0.1, 0.15) is 0 Å². The van der Waals surface area contributed by atoms with Gasteiger partial charge in [0.15, 0.2) is 0 Å². The van der Waals surface area contributed by atoms with Crippen LogP contribution in [0.5, 0.6) is 0 Å². The number of unbranched alkanes of at least 4 members (excludes halogenated alkanes) is 9. The number of carbonyl (C=O) groups excluding carboxylic acids is 1. The number of hydrogen-bond donors (Lipinski definition) is 1. The Hall–Kier alpha value is -0.0600. The minimum absolute atomic E-state index is 0. The molecule has 0 saturated carbocycles. The number of rotatable bonds is 14. The van der Waals surface area contributed by atoms with E-state index in [0.717, 1.165) is 19.3 Å². The summed E-state index contributed by atoms with van der Waals surface area (Å²) in [5.41, 5.74) is 0. The second-order valence-corrected chi connectivity index (χ2v) is 6.02. The van der Waals surface area contributed by atoms with Gasteiger partial charge in [0.05, 0.1) is 5.92 Å². The summed E-state index contributed by atoms with van der Waals surface area (Å²) in [5, 5.41) is 19.8. The van der Waals surface area contributed by atoms with E-state index in [4.69, 9.17) is 5.11 Å². The molecule has 0 bridgehead atoms. The Morgan fingerprint density at radius 3 is 1.68 bits per heavy atom. The molecular formula is C17H31NaO4. The Bertz CT molecular complexity index is 294. The summed E-state index contributed by atoms with van der Waals surface area (Å²) >= 11 is 0. The summed E-state index contributed by atoms with van der Waals surface area (Å²) in [7, 11) is 0. The van der Waals surface area contributed by atoms with Gasteiger partial charge in [0.2, 0.25) is 0 Å². The maximum Gasteiger partial charge on any atom is 1.00 e. The first-order valence-corrected chi connectivity index (χ1v) is 8.44. The van der Waals surface area contributed by atoms with Gasteiger partial charge in [-0.1, -0.05) is 78.1 Å². The van der Waals surface area contributed by atoms with Crippen molar-refractivity contribution in [1.29, 1.82) is 0 Å². The SMILES string of the molecule is CCCCCCCCCCCCC(C(=O)[O-])C(C)C(=O)O.[Na+]. The van der Waals surface area contributed by atoms with E-state index in [0.29, 0.717) is 6.42 Å². The Kier molecular flexibility index (Phi) is 17.4. The molecule has 0 spiro atoms. The molecule has 2 unspecified atom stereocenters. The molecule has 0 aliphatic heterocycles. The maximum absolute atomic E-state index is 11.0. The molecule has 4 nitrogen and oxygen atoms in total. The average molecular weight is 322 g/mol. The Morgan fingerprint density at radius 1 is 0.909 bits per heavy atom. The zero-order valence-electron chi connectivity index (χ0n) is 14.6. The van der Waals surface area contributed by atoms with Gasteiger partial charge in [-0.3, -0.25) is 4.79 Å². The molecule has 0 aromatic carbocycles. The molecule has 22 heavy (non-hydrogen) atoms. The third-order valence-electron chi connectivity index (χ3n) is 4.16. The number of carboxylic acid groups (broad SMARTS) is 2. The molecule has 5 heteroatoms. The van der Waals surface area contributed by atoms with Crippen LogP contribution in [-0.4, -0.2) is 17.0 Å². The van der Waals surface area contributed by atoms with Gasteiger partial charge in [-0.2, -0.15) is 0 Å². The van der Waals surface area contributed by atoms with Crippen molar-refractivity contribution in [3.8, 4) is 0 Å². The third-order valence-corrected chi connectivity index (χ3v) is 4.16. The molecule has 124 valence electrons. The van der Waals surface area contributed by atoms with Crippen molar-refractivity contribution in [2.45, 2.75) is 84.5 Å². The van der Waals surface area contributed by atoms with Crippen molar-refractivity contribution in [3.05, 3.63) is 0 Å². The van der Waals surface area contributed by atoms with Crippen molar-refractivity contribution < 1.29 is 49.4 Å². The van der Waals surface area contributed by atoms with E-state index in [9.17, 15) is 14.7 Å². The fourth-order valence-corrected chi connectivity index (χ4v) is 2.60. The molecule has 0 saturated heterocycles. The Morgan fingerprint density at radius 2 is 1.32 bits per heavy atom. The van der Waals surface area contributed by atoms with Crippen LogP contribution in [-0.2, 0) is 9.59 Å². The molecule has 0 aliphatic rings. The standard InChI is InChI=1S/C17H32O4.Na/c1-3-4-5-6-7-8-9-10-11-12-13-15(17(20)21)14(2)16(18)19;/h14-15H,3-13H2,1-2H3,(H,18,19)(H,20,21);/q;+1/p-1. The molecule has 0 aliphatic carbocycles. The minimum Gasteiger partial charge on any atom is -0.550 e. The van der Waals surface area contributed by atoms with Crippen LogP contribution >= 0.6 is 0 Å². The first kappa shape index (κ1) is 24.2. The summed E-state index contributed by atoms with van der Waals surface area (Å²) in [6.07, 6.45) is 12.2. The van der Waals surface area contributed by atoms with E-state index in [2.05, 4.69) is 6.92 Å². The van der Waals surface area contributed by atoms with E-state index in [1.165, 1.54) is 51.9 Å². The van der Waals surface area contributed by atoms with Crippen molar-refractivity contribution in [3.63, 3.8) is 0 Å². The van der Waals surface area contributed by atoms with Crippen molar-refractivity contribution in [2.24, 2.45) is 11.8 Å². The summed E-state index contributed by atoms with van der Waals surface area (Å²) in [5.74, 6) is -4.03. The molecule has 1 N–H and O–H groups in total. The molecule has 0 fully saturated rings. The van der Waals surface area contributed by atoms with Crippen LogP contribution in [0.25, 0.3) is 0 Å². The third kappa shape index (κ3) is 12.5. The van der Waals surface area contributed by atoms with Crippen molar-refractivity contribution >= 4 is 11.9 Å². The molecule has 0 amide bonds. The van der Waals surface area contributed by atoms with Crippen LogP contribution in [0.15, 0.2) is 0 Å². The van der Waals surface area contributed by atoms with Gasteiger partial charge >= 0.3 is 35.5 Å². The molecular weight excluding hydrogens is 291 g/mol. The van der Waals surface area contributed by atoms with Crippen LogP contribution in [0.4, 0.5) is 0 Å². The largest absolute Gasteiger partial charge is 1.00 e.